The Balaban J connectivity index is 1.51. The number of aromatic amines is 1. The summed E-state index contributed by atoms with van der Waals surface area (Å²) in [4.78, 5) is 14.7. The highest BCUT2D eigenvalue weighted by Gasteiger charge is 2.34. The second-order valence-corrected chi connectivity index (χ2v) is 6.59. The van der Waals surface area contributed by atoms with Crippen LogP contribution in [0.1, 0.15) is 35.3 Å². The first-order chi connectivity index (χ1) is 12.6. The summed E-state index contributed by atoms with van der Waals surface area (Å²) in [6.07, 6.45) is 4.04. The monoisotopic (exact) mass is 351 g/mol. The first-order valence-corrected chi connectivity index (χ1v) is 8.50. The van der Waals surface area contributed by atoms with Crippen molar-refractivity contribution >= 4 is 5.91 Å². The number of rotatable bonds is 3. The summed E-state index contributed by atoms with van der Waals surface area (Å²) in [5.74, 6) is -0.118. The van der Waals surface area contributed by atoms with Crippen LogP contribution < -0.4 is 0 Å². The molecule has 26 heavy (non-hydrogen) atoms. The molecule has 7 heteroatoms. The maximum absolute atomic E-state index is 13.1. The smallest absolute Gasteiger partial charge is 0.272 e. The van der Waals surface area contributed by atoms with E-state index in [-0.39, 0.29) is 23.7 Å². The average Bonchev–Trinajstić information content (AvgIpc) is 3.30. The Hall–Kier alpha value is -3.09. The Morgan fingerprint density at radius 3 is 2.77 bits per heavy atom. The molecule has 1 saturated heterocycles. The zero-order chi connectivity index (χ0) is 18.1. The lowest BCUT2D eigenvalue weighted by molar-refractivity contribution is 0.0740. The van der Waals surface area contributed by atoms with Crippen molar-refractivity contribution in [3.8, 4) is 11.3 Å². The van der Waals surface area contributed by atoms with Gasteiger partial charge in [-0.1, -0.05) is 12.1 Å². The summed E-state index contributed by atoms with van der Waals surface area (Å²) in [6, 6.07) is 10.2. The summed E-state index contributed by atoms with van der Waals surface area (Å²) in [5, 5.41) is 14.6. The van der Waals surface area contributed by atoms with Gasteiger partial charge >= 0.3 is 0 Å². The molecule has 0 aliphatic carbocycles. The lowest BCUT2D eigenvalue weighted by Gasteiger charge is -2.20. The van der Waals surface area contributed by atoms with Crippen molar-refractivity contribution in [2.75, 3.05) is 6.54 Å². The van der Waals surface area contributed by atoms with E-state index in [9.17, 15) is 9.18 Å². The van der Waals surface area contributed by atoms with Gasteiger partial charge in [-0.25, -0.2) is 4.39 Å². The van der Waals surface area contributed by atoms with Crippen LogP contribution in [0.2, 0.25) is 0 Å². The number of halogens is 1. The van der Waals surface area contributed by atoms with E-state index in [4.69, 9.17) is 0 Å². The van der Waals surface area contributed by atoms with E-state index in [2.05, 4.69) is 20.4 Å². The molecule has 132 valence electrons. The number of nitrogens with one attached hydrogen (secondary N) is 1. The fourth-order valence-electron chi connectivity index (χ4n) is 3.47. The lowest BCUT2D eigenvalue weighted by atomic mass is 9.97. The van der Waals surface area contributed by atoms with Gasteiger partial charge in [-0.15, -0.1) is 0 Å². The summed E-state index contributed by atoms with van der Waals surface area (Å²) in [5.41, 5.74) is 2.96. The van der Waals surface area contributed by atoms with E-state index in [0.717, 1.165) is 17.5 Å². The molecule has 1 aliphatic rings. The fraction of sp³-hybridized carbons (Fsp3) is 0.263. The molecular weight excluding hydrogens is 333 g/mol. The van der Waals surface area contributed by atoms with Gasteiger partial charge in [0.2, 0.25) is 0 Å². The molecule has 6 nitrogen and oxygen atoms in total. The van der Waals surface area contributed by atoms with E-state index in [1.807, 2.05) is 11.8 Å². The first-order valence-electron chi connectivity index (χ1n) is 8.50. The third-order valence-electron chi connectivity index (χ3n) is 4.87. The molecule has 2 aromatic heterocycles. The standard InChI is InChI=1S/C19H18FN5O/c1-12-8-15(13-2-4-16(20)5-3-13)11-25(12)19(26)18-9-17(23-24-18)14-6-7-21-22-10-14/h2-7,9-10,12,15H,8,11H2,1H3,(H,23,24)/t12-,15+/m1/s1. The molecule has 4 rings (SSSR count). The number of nitrogens with zero attached hydrogens (tertiary/aromatic N) is 4. The van der Waals surface area contributed by atoms with E-state index in [0.29, 0.717) is 17.9 Å². The highest BCUT2D eigenvalue weighted by Crippen LogP contribution is 2.32. The number of hydrogen-bond donors (Lipinski definition) is 1. The van der Waals surface area contributed by atoms with E-state index < -0.39 is 0 Å². The second-order valence-electron chi connectivity index (χ2n) is 6.59. The average molecular weight is 351 g/mol. The van der Waals surface area contributed by atoms with Crippen molar-refractivity contribution in [2.24, 2.45) is 0 Å². The normalized spacial score (nSPS) is 19.7. The molecule has 1 N–H and O–H groups in total. The minimum atomic E-state index is -0.247. The van der Waals surface area contributed by atoms with Crippen LogP contribution in [0.25, 0.3) is 11.3 Å². The van der Waals surface area contributed by atoms with Crippen LogP contribution in [-0.2, 0) is 0 Å². The second kappa shape index (κ2) is 6.67. The molecule has 0 saturated carbocycles. The van der Waals surface area contributed by atoms with Crippen molar-refractivity contribution in [1.82, 2.24) is 25.3 Å². The van der Waals surface area contributed by atoms with Gasteiger partial charge in [0, 0.05) is 24.1 Å². The topological polar surface area (TPSA) is 74.8 Å². The van der Waals surface area contributed by atoms with Crippen LogP contribution in [0.5, 0.6) is 0 Å². The summed E-state index contributed by atoms with van der Waals surface area (Å²) in [6.45, 7) is 2.64. The SMILES string of the molecule is C[C@@H]1C[C@H](c2ccc(F)cc2)CN1C(=O)c1cc(-c2ccnnc2)n[nH]1. The van der Waals surface area contributed by atoms with Crippen molar-refractivity contribution in [1.29, 1.82) is 0 Å². The zero-order valence-corrected chi connectivity index (χ0v) is 14.3. The summed E-state index contributed by atoms with van der Waals surface area (Å²) >= 11 is 0. The third kappa shape index (κ3) is 3.08. The van der Waals surface area contributed by atoms with Crippen LogP contribution in [0.4, 0.5) is 4.39 Å². The number of carbonyl (C=O) groups is 1. The van der Waals surface area contributed by atoms with Crippen molar-refractivity contribution in [3.05, 3.63) is 65.9 Å². The lowest BCUT2D eigenvalue weighted by Crippen LogP contribution is -2.34. The maximum Gasteiger partial charge on any atom is 0.272 e. The van der Waals surface area contributed by atoms with E-state index in [1.165, 1.54) is 12.1 Å². The van der Waals surface area contributed by atoms with Crippen LogP contribution in [0.3, 0.4) is 0 Å². The van der Waals surface area contributed by atoms with Gasteiger partial charge in [0.15, 0.2) is 0 Å². The number of amides is 1. The predicted molar refractivity (Wildman–Crippen MR) is 93.9 cm³/mol. The molecule has 1 fully saturated rings. The summed E-state index contributed by atoms with van der Waals surface area (Å²) in [7, 11) is 0. The predicted octanol–water partition coefficient (Wildman–Crippen LogP) is 3.02. The molecule has 1 amide bonds. The Bertz CT molecular complexity index is 909. The Morgan fingerprint density at radius 1 is 1.23 bits per heavy atom. The number of aromatic nitrogens is 4. The van der Waals surface area contributed by atoms with Gasteiger partial charge in [0.1, 0.15) is 11.5 Å². The zero-order valence-electron chi connectivity index (χ0n) is 14.3. The molecular formula is C19H18FN5O. The van der Waals surface area contributed by atoms with Crippen molar-refractivity contribution in [3.63, 3.8) is 0 Å². The van der Waals surface area contributed by atoms with Gasteiger partial charge in [0.05, 0.1) is 18.1 Å². The third-order valence-corrected chi connectivity index (χ3v) is 4.87. The van der Waals surface area contributed by atoms with Gasteiger partial charge in [0.25, 0.3) is 5.91 Å². The number of carbonyl (C=O) groups excluding carboxylic acids is 1. The van der Waals surface area contributed by atoms with Crippen LogP contribution in [-0.4, -0.2) is 43.8 Å². The molecule has 1 aliphatic heterocycles. The van der Waals surface area contributed by atoms with Gasteiger partial charge in [-0.3, -0.25) is 9.89 Å². The molecule has 0 unspecified atom stereocenters. The number of H-pyrrole nitrogens is 1. The van der Waals surface area contributed by atoms with Gasteiger partial charge in [-0.2, -0.15) is 15.3 Å². The van der Waals surface area contributed by atoms with Crippen LogP contribution in [0, 0.1) is 5.82 Å². The minimum absolute atomic E-state index is 0.0807. The van der Waals surface area contributed by atoms with E-state index >= 15 is 0 Å². The Kier molecular flexibility index (Phi) is 4.20. The van der Waals surface area contributed by atoms with Crippen LogP contribution in [0.15, 0.2) is 48.8 Å². The van der Waals surface area contributed by atoms with Gasteiger partial charge < -0.3 is 4.90 Å². The maximum atomic E-state index is 13.1. The molecule has 3 aromatic rings. The van der Waals surface area contributed by atoms with Crippen molar-refractivity contribution < 1.29 is 9.18 Å². The molecule has 3 heterocycles. The first kappa shape index (κ1) is 16.4. The molecule has 0 radical (unpaired) electrons. The highest BCUT2D eigenvalue weighted by molar-refractivity contribution is 5.93. The quantitative estimate of drug-likeness (QED) is 0.787. The van der Waals surface area contributed by atoms with E-state index in [1.54, 1.807) is 36.7 Å². The highest BCUT2D eigenvalue weighted by atomic mass is 19.1. The molecule has 0 spiro atoms. The number of likely N-dealkylation sites (tertiary alicyclic amines) is 1. The Labute approximate surface area is 150 Å². The Morgan fingerprint density at radius 2 is 2.04 bits per heavy atom. The molecule has 1 aromatic carbocycles. The molecule has 2 atom stereocenters. The number of benzene rings is 1. The van der Waals surface area contributed by atoms with Gasteiger partial charge in [-0.05, 0) is 43.2 Å². The minimum Gasteiger partial charge on any atom is -0.334 e. The van der Waals surface area contributed by atoms with Crippen molar-refractivity contribution in [2.45, 2.75) is 25.3 Å². The summed E-state index contributed by atoms with van der Waals surface area (Å²) < 4.78 is 13.1. The van der Waals surface area contributed by atoms with Crippen LogP contribution >= 0.6 is 0 Å². The largest absolute Gasteiger partial charge is 0.334 e. The molecule has 0 bridgehead atoms. The fourth-order valence-corrected chi connectivity index (χ4v) is 3.47. The number of hydrogen-bond acceptors (Lipinski definition) is 4.